The molecule has 0 amide bonds. The summed E-state index contributed by atoms with van der Waals surface area (Å²) in [4.78, 5) is 4.69. The molecule has 36 heavy (non-hydrogen) atoms. The van der Waals surface area contributed by atoms with Gasteiger partial charge < -0.3 is 10.2 Å². The SMILES string of the molecule is CC(C)(C#CC#CC(C)(C)N1CCC(O)(c2ccccc2)CC1)N1CCC(O)(c2ccccc2)CC1. The van der Waals surface area contributed by atoms with E-state index in [2.05, 4.69) is 61.2 Å². The summed E-state index contributed by atoms with van der Waals surface area (Å²) in [6.07, 6.45) is 2.80. The maximum Gasteiger partial charge on any atom is 0.0920 e. The lowest BCUT2D eigenvalue weighted by molar-refractivity contribution is -0.0408. The van der Waals surface area contributed by atoms with Gasteiger partial charge in [-0.3, -0.25) is 9.80 Å². The Bertz CT molecular complexity index is 1040. The Kier molecular flexibility index (Phi) is 7.65. The second-order valence-corrected chi connectivity index (χ2v) is 11.4. The first-order valence-electron chi connectivity index (χ1n) is 13.1. The highest BCUT2D eigenvalue weighted by molar-refractivity contribution is 5.34. The van der Waals surface area contributed by atoms with Crippen LogP contribution >= 0.6 is 0 Å². The van der Waals surface area contributed by atoms with Crippen LogP contribution in [0.1, 0.15) is 64.5 Å². The van der Waals surface area contributed by atoms with Crippen LogP contribution in [-0.2, 0) is 11.2 Å². The van der Waals surface area contributed by atoms with E-state index in [9.17, 15) is 10.2 Å². The van der Waals surface area contributed by atoms with Gasteiger partial charge in [-0.1, -0.05) is 72.5 Å². The van der Waals surface area contributed by atoms with Gasteiger partial charge in [0.15, 0.2) is 0 Å². The van der Waals surface area contributed by atoms with Crippen molar-refractivity contribution in [3.63, 3.8) is 0 Å². The van der Waals surface area contributed by atoms with E-state index in [1.165, 1.54) is 0 Å². The van der Waals surface area contributed by atoms with E-state index in [0.717, 1.165) is 37.3 Å². The highest BCUT2D eigenvalue weighted by atomic mass is 16.3. The normalized spacial score (nSPS) is 20.5. The van der Waals surface area contributed by atoms with Crippen molar-refractivity contribution in [3.8, 4) is 23.7 Å². The van der Waals surface area contributed by atoms with Gasteiger partial charge in [0.2, 0.25) is 0 Å². The van der Waals surface area contributed by atoms with Gasteiger partial charge in [-0.05, 0) is 76.3 Å². The third-order valence-electron chi connectivity index (χ3n) is 8.18. The largest absolute Gasteiger partial charge is 0.385 e. The Hall–Kier alpha value is -2.60. The van der Waals surface area contributed by atoms with Gasteiger partial charge in [-0.25, -0.2) is 0 Å². The fourth-order valence-electron chi connectivity index (χ4n) is 5.47. The van der Waals surface area contributed by atoms with Crippen molar-refractivity contribution in [1.29, 1.82) is 0 Å². The number of hydrogen-bond donors (Lipinski definition) is 2. The molecule has 0 aliphatic carbocycles. The number of nitrogens with zero attached hydrogens (tertiary/aromatic N) is 2. The summed E-state index contributed by atoms with van der Waals surface area (Å²) in [6, 6.07) is 20.0. The summed E-state index contributed by atoms with van der Waals surface area (Å²) in [5.74, 6) is 13.0. The molecular formula is C32H40N2O2. The third-order valence-corrected chi connectivity index (χ3v) is 8.18. The molecule has 0 aromatic heterocycles. The third kappa shape index (κ3) is 5.86. The van der Waals surface area contributed by atoms with Gasteiger partial charge in [0.25, 0.3) is 0 Å². The van der Waals surface area contributed by atoms with Gasteiger partial charge in [-0.2, -0.15) is 0 Å². The summed E-state index contributed by atoms with van der Waals surface area (Å²) < 4.78 is 0. The molecule has 2 saturated heterocycles. The van der Waals surface area contributed by atoms with E-state index in [-0.39, 0.29) is 11.1 Å². The van der Waals surface area contributed by atoms with Crippen molar-refractivity contribution in [2.24, 2.45) is 0 Å². The second kappa shape index (κ2) is 10.4. The van der Waals surface area contributed by atoms with E-state index in [1.807, 2.05) is 60.7 Å². The molecule has 0 bridgehead atoms. The Morgan fingerprint density at radius 1 is 0.583 bits per heavy atom. The molecule has 2 aliphatic rings. The molecule has 4 nitrogen and oxygen atoms in total. The topological polar surface area (TPSA) is 46.9 Å². The average molecular weight is 485 g/mol. The van der Waals surface area contributed by atoms with Crippen LogP contribution in [0.25, 0.3) is 0 Å². The van der Waals surface area contributed by atoms with Crippen LogP contribution in [0.15, 0.2) is 60.7 Å². The zero-order valence-electron chi connectivity index (χ0n) is 22.2. The molecule has 2 aromatic carbocycles. The van der Waals surface area contributed by atoms with Crippen molar-refractivity contribution >= 4 is 0 Å². The van der Waals surface area contributed by atoms with Gasteiger partial charge in [0.05, 0.1) is 22.3 Å². The first kappa shape index (κ1) is 26.5. The minimum atomic E-state index is -0.758. The molecule has 2 aromatic rings. The van der Waals surface area contributed by atoms with E-state index in [4.69, 9.17) is 0 Å². The predicted octanol–water partition coefficient (Wildman–Crippen LogP) is 4.52. The molecule has 2 N–H and O–H groups in total. The lowest BCUT2D eigenvalue weighted by Gasteiger charge is -2.44. The number of hydrogen-bond acceptors (Lipinski definition) is 4. The number of benzene rings is 2. The molecule has 0 spiro atoms. The van der Waals surface area contributed by atoms with Gasteiger partial charge >= 0.3 is 0 Å². The van der Waals surface area contributed by atoms with Crippen LogP contribution in [-0.4, -0.2) is 57.3 Å². The maximum absolute atomic E-state index is 11.1. The van der Waals surface area contributed by atoms with Crippen LogP contribution in [0.4, 0.5) is 0 Å². The van der Waals surface area contributed by atoms with Crippen molar-refractivity contribution in [2.45, 2.75) is 75.7 Å². The average Bonchev–Trinajstić information content (AvgIpc) is 2.88. The molecule has 2 fully saturated rings. The molecule has 0 radical (unpaired) electrons. The summed E-state index contributed by atoms with van der Waals surface area (Å²) in [5.41, 5.74) is -0.135. The molecular weight excluding hydrogens is 444 g/mol. The summed E-state index contributed by atoms with van der Waals surface area (Å²) >= 11 is 0. The van der Waals surface area contributed by atoms with E-state index in [0.29, 0.717) is 25.7 Å². The first-order chi connectivity index (χ1) is 17.0. The quantitative estimate of drug-likeness (QED) is 0.627. The van der Waals surface area contributed by atoms with Gasteiger partial charge in [0.1, 0.15) is 0 Å². The van der Waals surface area contributed by atoms with Crippen molar-refractivity contribution < 1.29 is 10.2 Å². The standard InChI is InChI=1S/C32H40N2O2/c1-29(2,33-23-19-31(35,20-24-33)27-13-7-5-8-14-27)17-11-12-18-30(3,4)34-25-21-32(36,22-26-34)28-15-9-6-10-16-28/h5-10,13-16,35-36H,19-26H2,1-4H3. The van der Waals surface area contributed by atoms with Crippen molar-refractivity contribution in [1.82, 2.24) is 9.80 Å². The fraction of sp³-hybridized carbons (Fsp3) is 0.500. The number of aliphatic hydroxyl groups is 2. The Balaban J connectivity index is 1.34. The molecule has 0 atom stereocenters. The Labute approximate surface area is 217 Å². The molecule has 2 aliphatic heterocycles. The minimum Gasteiger partial charge on any atom is -0.385 e. The molecule has 2 heterocycles. The molecule has 190 valence electrons. The maximum atomic E-state index is 11.1. The molecule has 4 heteroatoms. The van der Waals surface area contributed by atoms with Crippen LogP contribution in [0.2, 0.25) is 0 Å². The number of rotatable bonds is 4. The van der Waals surface area contributed by atoms with Crippen LogP contribution < -0.4 is 0 Å². The smallest absolute Gasteiger partial charge is 0.0920 e. The fourth-order valence-corrected chi connectivity index (χ4v) is 5.47. The monoisotopic (exact) mass is 484 g/mol. The van der Waals surface area contributed by atoms with Gasteiger partial charge in [0, 0.05) is 26.2 Å². The molecule has 0 unspecified atom stereocenters. The summed E-state index contributed by atoms with van der Waals surface area (Å²) in [5, 5.41) is 22.3. The van der Waals surface area contributed by atoms with Crippen LogP contribution in [0, 0.1) is 23.7 Å². The molecule has 0 saturated carbocycles. The highest BCUT2D eigenvalue weighted by Gasteiger charge is 2.39. The van der Waals surface area contributed by atoms with E-state index < -0.39 is 11.2 Å². The number of likely N-dealkylation sites (tertiary alicyclic amines) is 2. The van der Waals surface area contributed by atoms with E-state index >= 15 is 0 Å². The van der Waals surface area contributed by atoms with Gasteiger partial charge in [-0.15, -0.1) is 0 Å². The van der Waals surface area contributed by atoms with Crippen LogP contribution in [0.5, 0.6) is 0 Å². The second-order valence-electron chi connectivity index (χ2n) is 11.4. The number of piperidine rings is 2. The summed E-state index contributed by atoms with van der Waals surface area (Å²) in [7, 11) is 0. The Morgan fingerprint density at radius 2 is 0.889 bits per heavy atom. The Morgan fingerprint density at radius 3 is 1.19 bits per heavy atom. The van der Waals surface area contributed by atoms with E-state index in [1.54, 1.807) is 0 Å². The lowest BCUT2D eigenvalue weighted by Crippen LogP contribution is -2.51. The predicted molar refractivity (Wildman–Crippen MR) is 146 cm³/mol. The minimum absolute atomic E-state index is 0.311. The lowest BCUT2D eigenvalue weighted by atomic mass is 9.83. The first-order valence-corrected chi connectivity index (χ1v) is 13.1. The zero-order chi connectivity index (χ0) is 25.9. The van der Waals surface area contributed by atoms with Crippen LogP contribution in [0.3, 0.4) is 0 Å². The van der Waals surface area contributed by atoms with Crippen molar-refractivity contribution in [3.05, 3.63) is 71.8 Å². The zero-order valence-corrected chi connectivity index (χ0v) is 22.2. The summed E-state index contributed by atoms with van der Waals surface area (Å²) in [6.45, 7) is 11.7. The van der Waals surface area contributed by atoms with Crippen molar-refractivity contribution in [2.75, 3.05) is 26.2 Å². The highest BCUT2D eigenvalue weighted by Crippen LogP contribution is 2.36. The molecule has 4 rings (SSSR count).